The largest absolute Gasteiger partial charge is 0.271 e. The molecule has 1 unspecified atom stereocenters. The molecule has 3 nitrogen and oxygen atoms in total. The van der Waals surface area contributed by atoms with Crippen LogP contribution in [-0.2, 0) is 6.42 Å². The van der Waals surface area contributed by atoms with E-state index in [4.69, 9.17) is 5.84 Å². The van der Waals surface area contributed by atoms with Gasteiger partial charge < -0.3 is 0 Å². The predicted octanol–water partition coefficient (Wildman–Crippen LogP) is 2.65. The van der Waals surface area contributed by atoms with Crippen LogP contribution in [0, 0.1) is 12.8 Å². The molecular weight excluding hydrogens is 256 g/mol. The zero-order valence-electron chi connectivity index (χ0n) is 10.5. The molecule has 1 heterocycles. The Hall–Kier alpha value is -0.590. The molecule has 3 N–H and O–H groups in total. The summed E-state index contributed by atoms with van der Waals surface area (Å²) < 4.78 is 26.2. The molecule has 1 aromatic rings. The lowest BCUT2D eigenvalue weighted by atomic mass is 9.81. The molecule has 0 amide bonds. The van der Waals surface area contributed by atoms with Gasteiger partial charge in [0.15, 0.2) is 0 Å². The van der Waals surface area contributed by atoms with Crippen molar-refractivity contribution in [2.24, 2.45) is 11.8 Å². The van der Waals surface area contributed by atoms with Crippen LogP contribution in [0.3, 0.4) is 0 Å². The van der Waals surface area contributed by atoms with E-state index in [1.165, 1.54) is 0 Å². The number of thiazole rings is 1. The first-order valence-corrected chi connectivity index (χ1v) is 7.13. The van der Waals surface area contributed by atoms with Crippen LogP contribution in [0.4, 0.5) is 8.78 Å². The highest BCUT2D eigenvalue weighted by Gasteiger charge is 2.37. The van der Waals surface area contributed by atoms with E-state index in [2.05, 4.69) is 10.4 Å². The average Bonchev–Trinajstić information content (AvgIpc) is 2.72. The second-order valence-electron chi connectivity index (χ2n) is 5.03. The molecule has 0 aliphatic heterocycles. The van der Waals surface area contributed by atoms with Gasteiger partial charge in [-0.05, 0) is 25.7 Å². The molecule has 2 rings (SSSR count). The summed E-state index contributed by atoms with van der Waals surface area (Å²) in [6.07, 6.45) is 1.74. The van der Waals surface area contributed by atoms with Crippen molar-refractivity contribution in [3.05, 3.63) is 16.1 Å². The normalized spacial score (nSPS) is 22.0. The Kier molecular flexibility index (Phi) is 4.29. The van der Waals surface area contributed by atoms with Crippen LogP contribution in [0.15, 0.2) is 5.38 Å². The highest BCUT2D eigenvalue weighted by Crippen LogP contribution is 2.37. The Balaban J connectivity index is 1.93. The van der Waals surface area contributed by atoms with Gasteiger partial charge in [0.05, 0.1) is 10.7 Å². The first kappa shape index (κ1) is 13.8. The van der Waals surface area contributed by atoms with Gasteiger partial charge in [-0.3, -0.25) is 11.3 Å². The van der Waals surface area contributed by atoms with Gasteiger partial charge in [-0.25, -0.2) is 13.8 Å². The SMILES string of the molecule is Cc1nc(CC(NN)C2CCC(F)(F)CC2)cs1. The number of aryl methyl sites for hydroxylation is 1. The van der Waals surface area contributed by atoms with Crippen LogP contribution in [0.25, 0.3) is 0 Å². The average molecular weight is 275 g/mol. The summed E-state index contributed by atoms with van der Waals surface area (Å²) in [7, 11) is 0. The maximum absolute atomic E-state index is 13.1. The number of halogens is 2. The van der Waals surface area contributed by atoms with E-state index in [1.807, 2.05) is 12.3 Å². The number of aromatic nitrogens is 1. The number of nitrogens with two attached hydrogens (primary N) is 1. The molecule has 0 spiro atoms. The van der Waals surface area contributed by atoms with E-state index >= 15 is 0 Å². The van der Waals surface area contributed by atoms with E-state index in [0.717, 1.165) is 17.1 Å². The minimum absolute atomic E-state index is 0.0219. The second kappa shape index (κ2) is 5.59. The van der Waals surface area contributed by atoms with Crippen LogP contribution in [0.5, 0.6) is 0 Å². The maximum atomic E-state index is 13.1. The lowest BCUT2D eigenvalue weighted by Crippen LogP contribution is -2.44. The van der Waals surface area contributed by atoms with E-state index in [1.54, 1.807) is 11.3 Å². The van der Waals surface area contributed by atoms with Crippen molar-refractivity contribution in [3.8, 4) is 0 Å². The molecule has 1 atom stereocenters. The second-order valence-corrected chi connectivity index (χ2v) is 6.09. The van der Waals surface area contributed by atoms with Crippen molar-refractivity contribution in [1.82, 2.24) is 10.4 Å². The number of hydrazine groups is 1. The van der Waals surface area contributed by atoms with Crippen LogP contribution >= 0.6 is 11.3 Å². The Bertz CT molecular complexity index is 384. The highest BCUT2D eigenvalue weighted by atomic mass is 32.1. The number of nitrogens with zero attached hydrogens (tertiary/aromatic N) is 1. The summed E-state index contributed by atoms with van der Waals surface area (Å²) in [5.74, 6) is 3.30. The first-order valence-electron chi connectivity index (χ1n) is 6.25. The summed E-state index contributed by atoms with van der Waals surface area (Å²) in [6.45, 7) is 1.96. The van der Waals surface area contributed by atoms with Crippen molar-refractivity contribution in [3.63, 3.8) is 0 Å². The summed E-state index contributed by atoms with van der Waals surface area (Å²) in [5, 5.41) is 3.04. The molecule has 1 aliphatic rings. The first-order chi connectivity index (χ1) is 8.50. The van der Waals surface area contributed by atoms with E-state index in [-0.39, 0.29) is 24.8 Å². The fourth-order valence-electron chi connectivity index (χ4n) is 2.55. The van der Waals surface area contributed by atoms with E-state index in [0.29, 0.717) is 12.8 Å². The Morgan fingerprint density at radius 2 is 2.22 bits per heavy atom. The molecule has 1 saturated carbocycles. The van der Waals surface area contributed by atoms with Gasteiger partial charge in [-0.15, -0.1) is 11.3 Å². The van der Waals surface area contributed by atoms with Gasteiger partial charge in [0.25, 0.3) is 0 Å². The van der Waals surface area contributed by atoms with Gasteiger partial charge in [0.2, 0.25) is 5.92 Å². The fraction of sp³-hybridized carbons (Fsp3) is 0.750. The number of alkyl halides is 2. The smallest absolute Gasteiger partial charge is 0.248 e. The molecule has 1 fully saturated rings. The summed E-state index contributed by atoms with van der Waals surface area (Å²) >= 11 is 1.60. The van der Waals surface area contributed by atoms with Crippen molar-refractivity contribution < 1.29 is 8.78 Å². The van der Waals surface area contributed by atoms with Gasteiger partial charge >= 0.3 is 0 Å². The van der Waals surface area contributed by atoms with Crippen molar-refractivity contribution in [2.75, 3.05) is 0 Å². The molecule has 1 aromatic heterocycles. The lowest BCUT2D eigenvalue weighted by molar-refractivity contribution is -0.0495. The standard InChI is InChI=1S/C12H19F2N3S/c1-8-16-10(7-18-8)6-11(17-15)9-2-4-12(13,14)5-3-9/h7,9,11,17H,2-6,15H2,1H3. The van der Waals surface area contributed by atoms with Crippen LogP contribution in [-0.4, -0.2) is 16.9 Å². The fourth-order valence-corrected chi connectivity index (χ4v) is 3.18. The summed E-state index contributed by atoms with van der Waals surface area (Å²) in [6, 6.07) is 0.0441. The third-order valence-electron chi connectivity index (χ3n) is 3.64. The molecule has 0 radical (unpaired) electrons. The monoisotopic (exact) mass is 275 g/mol. The van der Waals surface area contributed by atoms with Gasteiger partial charge in [0, 0.05) is 30.7 Å². The number of nitrogens with one attached hydrogen (secondary N) is 1. The molecule has 0 aromatic carbocycles. The molecule has 6 heteroatoms. The Morgan fingerprint density at radius 1 is 1.56 bits per heavy atom. The Morgan fingerprint density at radius 3 is 2.72 bits per heavy atom. The topological polar surface area (TPSA) is 50.9 Å². The minimum atomic E-state index is -2.48. The Labute approximate surface area is 110 Å². The molecule has 102 valence electrons. The minimum Gasteiger partial charge on any atom is -0.271 e. The molecular formula is C12H19F2N3S. The van der Waals surface area contributed by atoms with Crippen LogP contribution in [0.1, 0.15) is 36.4 Å². The van der Waals surface area contributed by atoms with E-state index < -0.39 is 5.92 Å². The van der Waals surface area contributed by atoms with Crippen LogP contribution < -0.4 is 11.3 Å². The van der Waals surface area contributed by atoms with Crippen LogP contribution in [0.2, 0.25) is 0 Å². The molecule has 0 saturated heterocycles. The molecule has 1 aliphatic carbocycles. The lowest BCUT2D eigenvalue weighted by Gasteiger charge is -2.33. The van der Waals surface area contributed by atoms with Gasteiger partial charge in [0.1, 0.15) is 0 Å². The van der Waals surface area contributed by atoms with Gasteiger partial charge in [-0.1, -0.05) is 0 Å². The summed E-state index contributed by atoms with van der Waals surface area (Å²) in [4.78, 5) is 4.40. The highest BCUT2D eigenvalue weighted by molar-refractivity contribution is 7.09. The molecule has 18 heavy (non-hydrogen) atoms. The summed E-state index contributed by atoms with van der Waals surface area (Å²) in [5.41, 5.74) is 3.77. The van der Waals surface area contributed by atoms with Crippen molar-refractivity contribution >= 4 is 11.3 Å². The third kappa shape index (κ3) is 3.46. The zero-order valence-corrected chi connectivity index (χ0v) is 11.3. The number of hydrogen-bond donors (Lipinski definition) is 2. The predicted molar refractivity (Wildman–Crippen MR) is 68.6 cm³/mol. The van der Waals surface area contributed by atoms with Crippen molar-refractivity contribution in [1.29, 1.82) is 0 Å². The number of hydrogen-bond acceptors (Lipinski definition) is 4. The third-order valence-corrected chi connectivity index (χ3v) is 4.46. The molecule has 0 bridgehead atoms. The number of rotatable bonds is 4. The quantitative estimate of drug-likeness (QED) is 0.656. The van der Waals surface area contributed by atoms with E-state index in [9.17, 15) is 8.78 Å². The van der Waals surface area contributed by atoms with Gasteiger partial charge in [-0.2, -0.15) is 0 Å². The zero-order chi connectivity index (χ0) is 13.2. The van der Waals surface area contributed by atoms with Crippen molar-refractivity contribution in [2.45, 2.75) is 51.0 Å². The maximum Gasteiger partial charge on any atom is 0.248 e.